The van der Waals surface area contributed by atoms with Crippen LogP contribution < -0.4 is 0 Å². The summed E-state index contributed by atoms with van der Waals surface area (Å²) in [6.07, 6.45) is 79.0. The van der Waals surface area contributed by atoms with E-state index < -0.39 is 13.9 Å². The summed E-state index contributed by atoms with van der Waals surface area (Å²) >= 11 is 0. The predicted molar refractivity (Wildman–Crippen MR) is 358 cm³/mol. The van der Waals surface area contributed by atoms with Gasteiger partial charge in [0.1, 0.15) is 13.2 Å². The summed E-state index contributed by atoms with van der Waals surface area (Å²) < 4.78 is 31.7. The molecule has 0 saturated carbocycles. The molecule has 0 aromatic carbocycles. The first-order chi connectivity index (χ1) is 41.1. The molecule has 0 spiro atoms. The Hall–Kier alpha value is -2.26. The molecule has 2 N–H and O–H groups in total. The molecule has 0 rings (SSSR count). The molecule has 0 amide bonds. The Morgan fingerprint density at radius 2 is 0.524 bits per heavy atom. The molecule has 0 heterocycles. The predicted octanol–water partition coefficient (Wildman–Crippen LogP) is 23.7. The van der Waals surface area contributed by atoms with Crippen LogP contribution in [0.15, 0.2) is 36.5 Å². The molecule has 496 valence electrons. The van der Waals surface area contributed by atoms with E-state index in [1.54, 1.807) is 0 Å². The molecule has 0 saturated heterocycles. The Labute approximate surface area is 520 Å². The average molecular weight is 1210 g/mol. The van der Waals surface area contributed by atoms with Crippen molar-refractivity contribution in [2.75, 3.05) is 19.8 Å². The van der Waals surface area contributed by atoms with E-state index in [0.29, 0.717) is 19.3 Å². The van der Waals surface area contributed by atoms with Crippen molar-refractivity contribution in [2.45, 2.75) is 393 Å². The van der Waals surface area contributed by atoms with Crippen molar-refractivity contribution in [3.05, 3.63) is 36.5 Å². The van der Waals surface area contributed by atoms with Gasteiger partial charge in [-0.15, -0.1) is 0 Å². The number of phosphoric acid groups is 1. The molecule has 11 heteroatoms. The molecule has 0 aliphatic carbocycles. The third-order valence-electron chi connectivity index (χ3n) is 15.8. The van der Waals surface area contributed by atoms with Gasteiger partial charge in [-0.25, -0.2) is 4.57 Å². The second-order valence-electron chi connectivity index (χ2n) is 24.4. The highest BCUT2D eigenvalue weighted by Gasteiger charge is 2.20. The first kappa shape index (κ1) is 83.8. The Morgan fingerprint density at radius 1 is 0.310 bits per heavy atom. The van der Waals surface area contributed by atoms with Crippen LogP contribution in [-0.2, 0) is 37.7 Å². The first-order valence-electron chi connectivity index (χ1n) is 36.2. The first-order valence-corrected chi connectivity index (χ1v) is 37.8. The van der Waals surface area contributed by atoms with Gasteiger partial charge in [0.05, 0.1) is 6.61 Å². The maximum atomic E-state index is 12.8. The van der Waals surface area contributed by atoms with Crippen LogP contribution in [0.2, 0.25) is 0 Å². The molecule has 0 aromatic heterocycles. The van der Waals surface area contributed by atoms with Gasteiger partial charge in [0, 0.05) is 19.3 Å². The van der Waals surface area contributed by atoms with Crippen LogP contribution >= 0.6 is 7.82 Å². The number of carbonyl (C=O) groups excluding carboxylic acids is 3. The molecule has 0 unspecified atom stereocenters. The number of hydrogen-bond acceptors (Lipinski definition) is 8. The van der Waals surface area contributed by atoms with E-state index >= 15 is 0 Å². The maximum absolute atomic E-state index is 12.8. The van der Waals surface area contributed by atoms with Crippen molar-refractivity contribution in [3.8, 4) is 0 Å². The number of hydrogen-bond donors (Lipinski definition) is 2. The minimum atomic E-state index is -4.25. The number of carbonyl (C=O) groups is 3. The number of esters is 3. The van der Waals surface area contributed by atoms with E-state index in [9.17, 15) is 18.9 Å². The Balaban J connectivity index is 0. The summed E-state index contributed by atoms with van der Waals surface area (Å²) in [7, 11) is -4.25. The van der Waals surface area contributed by atoms with Gasteiger partial charge in [-0.05, 0) is 103 Å². The lowest BCUT2D eigenvalue weighted by Gasteiger charge is -2.18. The monoisotopic (exact) mass is 1210 g/mol. The van der Waals surface area contributed by atoms with E-state index in [1.807, 2.05) is 0 Å². The Bertz CT molecular complexity index is 1440. The van der Waals surface area contributed by atoms with Gasteiger partial charge in [-0.2, -0.15) is 0 Å². The van der Waals surface area contributed by atoms with E-state index in [2.05, 4.69) is 68.7 Å². The summed E-state index contributed by atoms with van der Waals surface area (Å²) in [5, 5.41) is 0. The van der Waals surface area contributed by atoms with Crippen LogP contribution in [0, 0.1) is 0 Å². The molecule has 0 aliphatic rings. The molecule has 0 aromatic rings. The van der Waals surface area contributed by atoms with Crippen molar-refractivity contribution < 1.29 is 47.5 Å². The minimum Gasteiger partial charge on any atom is -0.462 e. The molecule has 0 radical (unpaired) electrons. The third-order valence-corrected chi connectivity index (χ3v) is 16.4. The Kier molecular flexibility index (Phi) is 71.3. The van der Waals surface area contributed by atoms with Crippen molar-refractivity contribution in [1.29, 1.82) is 0 Å². The summed E-state index contributed by atoms with van der Waals surface area (Å²) in [5.74, 6) is -0.893. The van der Waals surface area contributed by atoms with E-state index in [0.717, 1.165) is 96.3 Å². The van der Waals surface area contributed by atoms with Crippen molar-refractivity contribution >= 4 is 25.7 Å². The fraction of sp³-hybridized carbons (Fsp3) is 0.877. The average Bonchev–Trinajstić information content (AvgIpc) is 3.48. The fourth-order valence-corrected chi connectivity index (χ4v) is 10.7. The number of ether oxygens (including phenoxy) is 3. The van der Waals surface area contributed by atoms with Crippen LogP contribution in [-0.4, -0.2) is 53.6 Å². The molecular weight excluding hydrogens is 1070 g/mol. The van der Waals surface area contributed by atoms with E-state index in [4.69, 9.17) is 24.0 Å². The van der Waals surface area contributed by atoms with Gasteiger partial charge in [-0.3, -0.25) is 18.9 Å². The highest BCUT2D eigenvalue weighted by atomic mass is 31.2. The van der Waals surface area contributed by atoms with Crippen LogP contribution in [0.4, 0.5) is 0 Å². The lowest BCUT2D eigenvalue weighted by Crippen LogP contribution is -2.30. The summed E-state index contributed by atoms with van der Waals surface area (Å²) in [4.78, 5) is 55.1. The molecular formula is C73H139O10P. The summed E-state index contributed by atoms with van der Waals surface area (Å²) in [5.41, 5.74) is 0. The van der Waals surface area contributed by atoms with Crippen LogP contribution in [0.25, 0.3) is 0 Å². The van der Waals surface area contributed by atoms with E-state index in [1.165, 1.54) is 244 Å². The molecule has 10 nitrogen and oxygen atoms in total. The van der Waals surface area contributed by atoms with E-state index in [-0.39, 0.29) is 37.7 Å². The quantitative estimate of drug-likeness (QED) is 0.0198. The topological polar surface area (TPSA) is 146 Å². The maximum Gasteiger partial charge on any atom is 0.469 e. The van der Waals surface area contributed by atoms with Crippen LogP contribution in [0.1, 0.15) is 387 Å². The number of unbranched alkanes of at least 4 members (excludes halogenated alkanes) is 46. The van der Waals surface area contributed by atoms with Gasteiger partial charge < -0.3 is 24.0 Å². The highest BCUT2D eigenvalue weighted by molar-refractivity contribution is 7.46. The SMILES string of the molecule is CCCCCCCC/C=C/CCCCCCCC(=O)OCC(COC(=O)CCCCCCC/C=C/CCCCCCCC)OC(=O)CCCCCCC/C=C/CCCCCCCC.CCCCCCCCCCCCCCCCOP(=O)(O)O. The zero-order chi connectivity index (χ0) is 61.6. The standard InChI is InChI=1S/C57H104O6.C16H35O4P/c1-4-7-10-13-16-19-22-25-28-31-34-37-40-43-46-49-55(58)61-52-54(63-57(60)51-48-45-42-39-36-33-30-27-24-21-18-15-12-9-6-3)53-62-56(59)50-47-44-41-38-35-32-29-26-23-20-17-14-11-8-5-2;1-2-3-4-5-6-7-8-9-10-11-12-13-14-15-16-20-21(17,18)19/h25-30,54H,4-24,31-53H2,1-3H3;2-16H2,1H3,(H2,17,18,19)/b28-25+,29-26+,30-27+;. The Morgan fingerprint density at radius 3 is 0.774 bits per heavy atom. The molecule has 0 fully saturated rings. The molecule has 0 bridgehead atoms. The lowest BCUT2D eigenvalue weighted by molar-refractivity contribution is -0.167. The summed E-state index contributed by atoms with van der Waals surface area (Å²) in [6, 6.07) is 0. The van der Waals surface area contributed by atoms with Gasteiger partial charge >= 0.3 is 25.7 Å². The zero-order valence-corrected chi connectivity index (χ0v) is 56.8. The summed E-state index contributed by atoms with van der Waals surface area (Å²) in [6.45, 7) is 9.05. The minimum absolute atomic E-state index is 0.0806. The van der Waals surface area contributed by atoms with Gasteiger partial charge in [-0.1, -0.05) is 302 Å². The number of phosphoric ester groups is 1. The lowest BCUT2D eigenvalue weighted by atomic mass is 10.0. The molecule has 84 heavy (non-hydrogen) atoms. The van der Waals surface area contributed by atoms with Crippen LogP contribution in [0.5, 0.6) is 0 Å². The fourth-order valence-electron chi connectivity index (χ4n) is 10.4. The third kappa shape index (κ3) is 75.8. The van der Waals surface area contributed by atoms with Crippen molar-refractivity contribution in [3.63, 3.8) is 0 Å². The van der Waals surface area contributed by atoms with Crippen molar-refractivity contribution in [1.82, 2.24) is 0 Å². The van der Waals surface area contributed by atoms with Crippen LogP contribution in [0.3, 0.4) is 0 Å². The second kappa shape index (κ2) is 71.5. The normalized spacial score (nSPS) is 11.8. The second-order valence-corrected chi connectivity index (χ2v) is 25.6. The van der Waals surface area contributed by atoms with Crippen molar-refractivity contribution in [2.24, 2.45) is 0 Å². The van der Waals surface area contributed by atoms with Gasteiger partial charge in [0.2, 0.25) is 0 Å². The van der Waals surface area contributed by atoms with Gasteiger partial charge in [0.15, 0.2) is 6.10 Å². The van der Waals surface area contributed by atoms with Gasteiger partial charge in [0.25, 0.3) is 0 Å². The smallest absolute Gasteiger partial charge is 0.462 e. The number of rotatable bonds is 66. The zero-order valence-electron chi connectivity index (χ0n) is 55.9. The highest BCUT2D eigenvalue weighted by Crippen LogP contribution is 2.35. The number of allylic oxidation sites excluding steroid dienone is 6. The molecule has 0 aliphatic heterocycles. The molecule has 0 atom stereocenters. The largest absolute Gasteiger partial charge is 0.469 e.